The third-order valence-electron chi connectivity index (χ3n) is 5.65. The first-order valence-electron chi connectivity index (χ1n) is 10.3. The summed E-state index contributed by atoms with van der Waals surface area (Å²) in [5.74, 6) is 1.37. The lowest BCUT2D eigenvalue weighted by atomic mass is 9.85. The van der Waals surface area contributed by atoms with Crippen LogP contribution in [0.2, 0.25) is 0 Å². The highest BCUT2D eigenvalue weighted by Crippen LogP contribution is 2.36. The van der Waals surface area contributed by atoms with Gasteiger partial charge >= 0.3 is 0 Å². The number of fused-ring (bicyclic) bond motifs is 1. The quantitative estimate of drug-likeness (QED) is 0.483. The number of aliphatic hydroxyl groups is 1. The van der Waals surface area contributed by atoms with E-state index >= 15 is 0 Å². The van der Waals surface area contributed by atoms with Crippen LogP contribution in [0.4, 0.5) is 0 Å². The van der Waals surface area contributed by atoms with E-state index in [0.717, 1.165) is 37.1 Å². The second-order valence-electron chi connectivity index (χ2n) is 7.74. The molecule has 0 atom stereocenters. The number of ether oxygens (including phenoxy) is 1. The maximum absolute atomic E-state index is 12.8. The van der Waals surface area contributed by atoms with Crippen molar-refractivity contribution in [2.24, 2.45) is 0 Å². The predicted molar refractivity (Wildman–Crippen MR) is 115 cm³/mol. The molecule has 2 heterocycles. The van der Waals surface area contributed by atoms with Crippen molar-refractivity contribution >= 4 is 17.9 Å². The van der Waals surface area contributed by atoms with Gasteiger partial charge in [-0.2, -0.15) is 4.98 Å². The molecule has 7 heteroatoms. The Hall–Kier alpha value is -3.67. The number of hydrogen-bond acceptors (Lipinski definition) is 6. The minimum absolute atomic E-state index is 0.191. The number of carbonyl (C=O) groups excluding carboxylic acids is 1. The summed E-state index contributed by atoms with van der Waals surface area (Å²) in [7, 11) is 0. The van der Waals surface area contributed by atoms with E-state index in [0.29, 0.717) is 28.7 Å². The number of carbonyl (C=O) groups is 1. The van der Waals surface area contributed by atoms with Crippen LogP contribution in [-0.2, 0) is 0 Å². The Bertz CT molecular complexity index is 1130. The average molecular weight is 413 g/mol. The number of H-pyrrole nitrogens is 1. The SMILES string of the molecule is O=C(c1ccc(Oc2nccnc2C2CCC(O)CC2)cc1)c1nc2c([nH]1)C=C[C+]=C2. The van der Waals surface area contributed by atoms with Crippen molar-refractivity contribution in [3.63, 3.8) is 0 Å². The van der Waals surface area contributed by atoms with E-state index in [4.69, 9.17) is 4.74 Å². The zero-order valence-electron chi connectivity index (χ0n) is 16.8. The molecule has 31 heavy (non-hydrogen) atoms. The number of aliphatic hydroxyl groups excluding tert-OH is 1. The van der Waals surface area contributed by atoms with Gasteiger partial charge in [0.1, 0.15) is 23.6 Å². The smallest absolute Gasteiger partial charge is 0.241 e. The second-order valence-corrected chi connectivity index (χ2v) is 7.74. The van der Waals surface area contributed by atoms with Crippen LogP contribution in [0.15, 0.2) is 42.7 Å². The van der Waals surface area contributed by atoms with Crippen LogP contribution < -0.4 is 4.74 Å². The molecule has 0 bridgehead atoms. The number of rotatable bonds is 5. The van der Waals surface area contributed by atoms with E-state index < -0.39 is 0 Å². The Morgan fingerprint density at radius 3 is 2.65 bits per heavy atom. The number of benzene rings is 1. The highest BCUT2D eigenvalue weighted by Gasteiger charge is 2.26. The number of nitrogens with zero attached hydrogens (tertiary/aromatic N) is 3. The zero-order valence-corrected chi connectivity index (χ0v) is 16.8. The fourth-order valence-electron chi connectivity index (χ4n) is 3.97. The first-order valence-corrected chi connectivity index (χ1v) is 10.3. The Labute approximate surface area is 179 Å². The summed E-state index contributed by atoms with van der Waals surface area (Å²) >= 11 is 0. The molecule has 0 aliphatic heterocycles. The van der Waals surface area contributed by atoms with Crippen LogP contribution in [-0.4, -0.2) is 36.9 Å². The van der Waals surface area contributed by atoms with Gasteiger partial charge in [-0.3, -0.25) is 9.78 Å². The van der Waals surface area contributed by atoms with Gasteiger partial charge in [0.2, 0.25) is 17.4 Å². The van der Waals surface area contributed by atoms with Crippen molar-refractivity contribution in [3.8, 4) is 11.6 Å². The number of allylic oxidation sites excluding steroid dienone is 2. The van der Waals surface area contributed by atoms with Crippen LogP contribution in [0.3, 0.4) is 0 Å². The fraction of sp³-hybridized carbons (Fsp3) is 0.250. The van der Waals surface area contributed by atoms with Gasteiger partial charge in [-0.05, 0) is 49.9 Å². The molecule has 1 saturated carbocycles. The molecule has 2 N–H and O–H groups in total. The lowest BCUT2D eigenvalue weighted by molar-refractivity contribution is 0.103. The molecule has 3 aromatic rings. The van der Waals surface area contributed by atoms with Gasteiger partial charge in [0.15, 0.2) is 11.5 Å². The van der Waals surface area contributed by atoms with Crippen LogP contribution in [0.25, 0.3) is 12.2 Å². The summed E-state index contributed by atoms with van der Waals surface area (Å²) in [5, 5.41) is 9.77. The summed E-state index contributed by atoms with van der Waals surface area (Å²) in [6.07, 6.45) is 14.6. The minimum Gasteiger partial charge on any atom is -0.437 e. The van der Waals surface area contributed by atoms with Gasteiger partial charge < -0.3 is 14.8 Å². The minimum atomic E-state index is -0.229. The van der Waals surface area contributed by atoms with Gasteiger partial charge in [-0.1, -0.05) is 0 Å². The number of imidazole rings is 1. The fourth-order valence-corrected chi connectivity index (χ4v) is 3.97. The molecule has 5 rings (SSSR count). The van der Waals surface area contributed by atoms with Gasteiger partial charge in [-0.25, -0.2) is 4.98 Å². The van der Waals surface area contributed by atoms with Gasteiger partial charge in [0.25, 0.3) is 0 Å². The van der Waals surface area contributed by atoms with Crippen molar-refractivity contribution in [2.45, 2.75) is 37.7 Å². The molecule has 7 nitrogen and oxygen atoms in total. The molecule has 0 amide bonds. The van der Waals surface area contributed by atoms with Crippen LogP contribution >= 0.6 is 0 Å². The Balaban J connectivity index is 1.32. The van der Waals surface area contributed by atoms with Crippen LogP contribution in [0.1, 0.15) is 64.9 Å². The van der Waals surface area contributed by atoms with Crippen molar-refractivity contribution in [2.75, 3.05) is 0 Å². The summed E-state index contributed by atoms with van der Waals surface area (Å²) in [4.78, 5) is 29.0. The lowest BCUT2D eigenvalue weighted by Crippen LogP contribution is -2.18. The Morgan fingerprint density at radius 1 is 1.10 bits per heavy atom. The molecular weight excluding hydrogens is 392 g/mol. The summed E-state index contributed by atoms with van der Waals surface area (Å²) < 4.78 is 6.00. The van der Waals surface area contributed by atoms with E-state index in [2.05, 4.69) is 26.0 Å². The van der Waals surface area contributed by atoms with Crippen LogP contribution in [0, 0.1) is 6.08 Å². The number of nitrogens with one attached hydrogen (secondary N) is 1. The molecule has 2 aliphatic rings. The van der Waals surface area contributed by atoms with Crippen LogP contribution in [0.5, 0.6) is 11.6 Å². The third kappa shape index (κ3) is 4.01. The summed E-state index contributed by atoms with van der Waals surface area (Å²) in [5.41, 5.74) is 2.83. The highest BCUT2D eigenvalue weighted by atomic mass is 16.5. The van der Waals surface area contributed by atoms with E-state index in [1.807, 2.05) is 6.08 Å². The van der Waals surface area contributed by atoms with Crippen molar-refractivity contribution in [1.29, 1.82) is 0 Å². The topological polar surface area (TPSA) is 101 Å². The molecule has 0 spiro atoms. The van der Waals surface area contributed by atoms with E-state index in [1.54, 1.807) is 48.8 Å². The molecule has 2 aliphatic carbocycles. The molecule has 154 valence electrons. The van der Waals surface area contributed by atoms with Crippen molar-refractivity contribution in [1.82, 2.24) is 19.9 Å². The zero-order chi connectivity index (χ0) is 21.2. The standard InChI is InChI=1S/C24H20N4O3/c29-17-9-5-15(6-10-17)21-24(26-14-13-25-21)31-18-11-7-16(8-12-18)22(30)23-27-19-3-1-2-4-20(19)28-23/h1,3-4,7-8,11-15,17,29H,5-6,9-10H2/p+1. The van der Waals surface area contributed by atoms with Crippen molar-refractivity contribution < 1.29 is 14.6 Å². The lowest BCUT2D eigenvalue weighted by Gasteiger charge is -2.25. The Kier molecular flexibility index (Phi) is 5.12. The maximum Gasteiger partial charge on any atom is 0.241 e. The molecule has 0 radical (unpaired) electrons. The Morgan fingerprint density at radius 2 is 1.87 bits per heavy atom. The predicted octanol–water partition coefficient (Wildman–Crippen LogP) is 4.08. The van der Waals surface area contributed by atoms with E-state index in [1.165, 1.54) is 0 Å². The van der Waals surface area contributed by atoms with Gasteiger partial charge in [0.05, 0.1) is 12.2 Å². The second kappa shape index (κ2) is 8.22. The normalized spacial score (nSPS) is 19.5. The average Bonchev–Trinajstić information content (AvgIpc) is 3.25. The first-order chi connectivity index (χ1) is 15.2. The number of aromatic nitrogens is 4. The number of ketones is 1. The van der Waals surface area contributed by atoms with Gasteiger partial charge in [0, 0.05) is 30.0 Å². The maximum atomic E-state index is 12.8. The highest BCUT2D eigenvalue weighted by molar-refractivity contribution is 6.07. The molecule has 0 saturated heterocycles. The molecule has 2 aromatic heterocycles. The monoisotopic (exact) mass is 413 g/mol. The van der Waals surface area contributed by atoms with Gasteiger partial charge in [-0.15, -0.1) is 0 Å². The molecular formula is C24H21N4O3+. The summed E-state index contributed by atoms with van der Waals surface area (Å²) in [6, 6.07) is 6.91. The van der Waals surface area contributed by atoms with E-state index in [9.17, 15) is 9.90 Å². The molecule has 0 unspecified atom stereocenters. The molecule has 1 fully saturated rings. The summed E-state index contributed by atoms with van der Waals surface area (Å²) in [6.45, 7) is 0. The largest absolute Gasteiger partial charge is 0.437 e. The third-order valence-corrected chi connectivity index (χ3v) is 5.65. The number of hydrogen-bond donors (Lipinski definition) is 2. The molecule has 1 aromatic carbocycles. The van der Waals surface area contributed by atoms with Crippen molar-refractivity contribution in [3.05, 3.63) is 77.3 Å². The number of aromatic amines is 1. The first kappa shape index (κ1) is 19.3. The van der Waals surface area contributed by atoms with E-state index in [-0.39, 0.29) is 17.8 Å².